The van der Waals surface area contributed by atoms with Crippen molar-refractivity contribution in [3.05, 3.63) is 18.3 Å². The molecule has 0 unspecified atom stereocenters. The Morgan fingerprint density at radius 1 is 1.50 bits per heavy atom. The second-order valence-electron chi connectivity index (χ2n) is 6.04. The van der Waals surface area contributed by atoms with E-state index in [0.29, 0.717) is 5.03 Å². The third kappa shape index (κ3) is 4.26. The fraction of sp³-hybridized carbons (Fsp3) is 0.533. The molecule has 1 fully saturated rings. The van der Waals surface area contributed by atoms with Gasteiger partial charge >= 0.3 is 0 Å². The van der Waals surface area contributed by atoms with Crippen LogP contribution in [0.4, 0.5) is 0 Å². The van der Waals surface area contributed by atoms with Gasteiger partial charge in [0.05, 0.1) is 16.8 Å². The van der Waals surface area contributed by atoms with Gasteiger partial charge in [-0.2, -0.15) is 5.26 Å². The summed E-state index contributed by atoms with van der Waals surface area (Å²) in [5, 5.41) is 12.6. The van der Waals surface area contributed by atoms with Crippen LogP contribution in [0.3, 0.4) is 0 Å². The number of hydrogen-bond acceptors (Lipinski definition) is 6. The summed E-state index contributed by atoms with van der Waals surface area (Å²) in [6, 6.07) is 5.21. The third-order valence-corrected chi connectivity index (χ3v) is 6.61. The standard InChI is InChI=1S/C15H20N4O3S2/c1-15(10-16,11-4-5-11)18-13(20)9-23-14-7-6-12(8-17-14)24(21,22)19(2)3/h6-8,11H,4-5,9H2,1-3H3,(H,18,20)/t15-/m1/s1. The first-order valence-electron chi connectivity index (χ1n) is 7.42. The van der Waals surface area contributed by atoms with Crippen LogP contribution in [-0.2, 0) is 14.8 Å². The Bertz CT molecular complexity index is 752. The Kier molecular flexibility index (Phi) is 5.52. The predicted octanol–water partition coefficient (Wildman–Crippen LogP) is 1.23. The molecule has 9 heteroatoms. The summed E-state index contributed by atoms with van der Waals surface area (Å²) in [6.45, 7) is 1.74. The van der Waals surface area contributed by atoms with E-state index in [2.05, 4.69) is 16.4 Å². The van der Waals surface area contributed by atoms with Gasteiger partial charge in [-0.3, -0.25) is 4.79 Å². The molecule has 1 aliphatic carbocycles. The number of nitrogens with one attached hydrogen (secondary N) is 1. The fourth-order valence-corrected chi connectivity index (χ4v) is 3.65. The second kappa shape index (κ2) is 7.09. The van der Waals surface area contributed by atoms with E-state index in [1.807, 2.05) is 0 Å². The molecule has 1 saturated carbocycles. The molecular weight excluding hydrogens is 348 g/mol. The van der Waals surface area contributed by atoms with E-state index in [1.165, 1.54) is 38.1 Å². The molecule has 1 amide bonds. The lowest BCUT2D eigenvalue weighted by Crippen LogP contribution is -2.47. The van der Waals surface area contributed by atoms with E-state index in [0.717, 1.165) is 17.1 Å². The zero-order valence-corrected chi connectivity index (χ0v) is 15.4. The quantitative estimate of drug-likeness (QED) is 0.726. The summed E-state index contributed by atoms with van der Waals surface area (Å²) in [7, 11) is -0.603. The van der Waals surface area contributed by atoms with Crippen LogP contribution >= 0.6 is 11.8 Å². The number of aromatic nitrogens is 1. The molecule has 0 aliphatic heterocycles. The number of nitriles is 1. The maximum absolute atomic E-state index is 12.0. The number of thioether (sulfide) groups is 1. The number of rotatable bonds is 7. The van der Waals surface area contributed by atoms with Crippen molar-refractivity contribution in [3.63, 3.8) is 0 Å². The molecule has 0 radical (unpaired) electrons. The zero-order valence-electron chi connectivity index (χ0n) is 13.8. The van der Waals surface area contributed by atoms with E-state index in [4.69, 9.17) is 0 Å². The zero-order chi connectivity index (χ0) is 18.0. The molecule has 0 spiro atoms. The van der Waals surface area contributed by atoms with Gasteiger partial charge in [-0.05, 0) is 37.8 Å². The van der Waals surface area contributed by atoms with Crippen molar-refractivity contribution < 1.29 is 13.2 Å². The Morgan fingerprint density at radius 2 is 2.17 bits per heavy atom. The van der Waals surface area contributed by atoms with Crippen molar-refractivity contribution >= 4 is 27.7 Å². The minimum absolute atomic E-state index is 0.104. The highest BCUT2D eigenvalue weighted by Crippen LogP contribution is 2.39. The average Bonchev–Trinajstić information content (AvgIpc) is 3.38. The van der Waals surface area contributed by atoms with Crippen molar-refractivity contribution in [1.82, 2.24) is 14.6 Å². The lowest BCUT2D eigenvalue weighted by molar-refractivity contribution is -0.119. The van der Waals surface area contributed by atoms with Gasteiger partial charge in [-0.15, -0.1) is 0 Å². The molecule has 24 heavy (non-hydrogen) atoms. The molecule has 1 N–H and O–H groups in total. The van der Waals surface area contributed by atoms with Gasteiger partial charge in [0.25, 0.3) is 0 Å². The summed E-state index contributed by atoms with van der Waals surface area (Å²) in [5.74, 6) is 0.115. The first-order chi connectivity index (χ1) is 11.2. The predicted molar refractivity (Wildman–Crippen MR) is 90.7 cm³/mol. The summed E-state index contributed by atoms with van der Waals surface area (Å²) in [5.41, 5.74) is -0.811. The smallest absolute Gasteiger partial charge is 0.244 e. The van der Waals surface area contributed by atoms with Crippen molar-refractivity contribution in [1.29, 1.82) is 5.26 Å². The molecule has 7 nitrogen and oxygen atoms in total. The van der Waals surface area contributed by atoms with Gasteiger partial charge in [0.15, 0.2) is 0 Å². The van der Waals surface area contributed by atoms with E-state index in [9.17, 15) is 18.5 Å². The highest BCUT2D eigenvalue weighted by atomic mass is 32.2. The molecular formula is C15H20N4O3S2. The number of nitrogens with zero attached hydrogens (tertiary/aromatic N) is 3. The van der Waals surface area contributed by atoms with Crippen LogP contribution < -0.4 is 5.32 Å². The van der Waals surface area contributed by atoms with Crippen LogP contribution in [0.2, 0.25) is 0 Å². The van der Waals surface area contributed by atoms with E-state index >= 15 is 0 Å². The molecule has 0 saturated heterocycles. The maximum atomic E-state index is 12.0. The minimum Gasteiger partial charge on any atom is -0.337 e. The molecule has 0 aromatic carbocycles. The monoisotopic (exact) mass is 368 g/mol. The highest BCUT2D eigenvalue weighted by Gasteiger charge is 2.42. The maximum Gasteiger partial charge on any atom is 0.244 e. The topological polar surface area (TPSA) is 103 Å². The SMILES string of the molecule is CN(C)S(=O)(=O)c1ccc(SCC(=O)N[C@](C)(C#N)C2CC2)nc1. The summed E-state index contributed by atoms with van der Waals surface area (Å²) in [4.78, 5) is 16.2. The fourth-order valence-electron chi connectivity index (χ4n) is 2.16. The number of pyridine rings is 1. The molecule has 1 heterocycles. The largest absolute Gasteiger partial charge is 0.337 e. The van der Waals surface area contributed by atoms with Crippen LogP contribution in [0.5, 0.6) is 0 Å². The van der Waals surface area contributed by atoms with E-state index in [1.54, 1.807) is 13.0 Å². The van der Waals surface area contributed by atoms with Crippen LogP contribution in [0.15, 0.2) is 28.3 Å². The van der Waals surface area contributed by atoms with Crippen molar-refractivity contribution in [2.75, 3.05) is 19.8 Å². The van der Waals surface area contributed by atoms with Gasteiger partial charge in [0, 0.05) is 20.3 Å². The lowest BCUT2D eigenvalue weighted by atomic mass is 9.98. The second-order valence-corrected chi connectivity index (χ2v) is 9.19. The van der Waals surface area contributed by atoms with E-state index < -0.39 is 15.6 Å². The third-order valence-electron chi connectivity index (χ3n) is 3.86. The molecule has 1 aromatic rings. The minimum atomic E-state index is -3.51. The highest BCUT2D eigenvalue weighted by molar-refractivity contribution is 7.99. The molecule has 130 valence electrons. The molecule has 1 aromatic heterocycles. The number of carbonyl (C=O) groups is 1. The van der Waals surface area contributed by atoms with Crippen LogP contribution in [-0.4, -0.2) is 49.0 Å². The number of amides is 1. The van der Waals surface area contributed by atoms with Gasteiger partial charge in [-0.25, -0.2) is 17.7 Å². The van der Waals surface area contributed by atoms with Gasteiger partial charge < -0.3 is 5.32 Å². The Morgan fingerprint density at radius 3 is 2.62 bits per heavy atom. The number of carbonyl (C=O) groups excluding carboxylic acids is 1. The van der Waals surface area contributed by atoms with Gasteiger partial charge in [0.1, 0.15) is 10.4 Å². The van der Waals surface area contributed by atoms with Crippen LogP contribution in [0, 0.1) is 17.2 Å². The first kappa shape index (κ1) is 18.7. The summed E-state index contributed by atoms with van der Waals surface area (Å²) >= 11 is 1.20. The van der Waals surface area contributed by atoms with Crippen LogP contribution in [0.25, 0.3) is 0 Å². The Hall–Kier alpha value is -1.63. The van der Waals surface area contributed by atoms with E-state index in [-0.39, 0.29) is 22.5 Å². The van der Waals surface area contributed by atoms with Gasteiger partial charge in [-0.1, -0.05) is 11.8 Å². The van der Waals surface area contributed by atoms with Crippen LogP contribution in [0.1, 0.15) is 19.8 Å². The summed E-state index contributed by atoms with van der Waals surface area (Å²) < 4.78 is 25.0. The lowest BCUT2D eigenvalue weighted by Gasteiger charge is -2.22. The first-order valence-corrected chi connectivity index (χ1v) is 9.85. The van der Waals surface area contributed by atoms with Gasteiger partial charge in [0.2, 0.25) is 15.9 Å². The average molecular weight is 368 g/mol. The van der Waals surface area contributed by atoms with Crippen molar-refractivity contribution in [2.45, 2.75) is 35.2 Å². The molecule has 1 atom stereocenters. The Balaban J connectivity index is 1.93. The molecule has 0 bridgehead atoms. The normalized spacial score (nSPS) is 17.1. The Labute approximate surface area is 146 Å². The van der Waals surface area contributed by atoms with Crippen molar-refractivity contribution in [3.8, 4) is 6.07 Å². The molecule has 2 rings (SSSR count). The number of hydrogen-bond donors (Lipinski definition) is 1. The molecule has 1 aliphatic rings. The van der Waals surface area contributed by atoms with Crippen molar-refractivity contribution in [2.24, 2.45) is 5.92 Å². The summed E-state index contributed by atoms with van der Waals surface area (Å²) in [6.07, 6.45) is 3.20. The number of sulfonamides is 1.